The van der Waals surface area contributed by atoms with E-state index in [0.717, 1.165) is 0 Å². The number of carbonyl (C=O) groups is 1. The number of carbonyl (C=O) groups excluding carboxylic acids is 1. The molecule has 0 unspecified atom stereocenters. The molecule has 1 amide bonds. The Labute approximate surface area is 63.1 Å². The molecule has 0 fully saturated rings. The van der Waals surface area contributed by atoms with Crippen molar-refractivity contribution in [2.45, 2.75) is 6.61 Å². The van der Waals surface area contributed by atoms with Crippen LogP contribution in [-0.2, 0) is 11.4 Å². The third kappa shape index (κ3) is 1.98. The molecular formula is C6H7N3O2. The van der Waals surface area contributed by atoms with E-state index < -0.39 is 0 Å². The SMILES string of the molecule is O=CNc1cnc(CO)nc1. The summed E-state index contributed by atoms with van der Waals surface area (Å²) < 4.78 is 0. The Morgan fingerprint density at radius 3 is 2.64 bits per heavy atom. The Kier molecular flexibility index (Phi) is 2.51. The minimum absolute atomic E-state index is 0.193. The van der Waals surface area contributed by atoms with Crippen molar-refractivity contribution in [3.05, 3.63) is 18.2 Å². The number of aromatic nitrogens is 2. The second kappa shape index (κ2) is 3.62. The van der Waals surface area contributed by atoms with Gasteiger partial charge in [0.15, 0.2) is 5.82 Å². The summed E-state index contributed by atoms with van der Waals surface area (Å²) in [6.07, 6.45) is 3.39. The molecule has 0 atom stereocenters. The summed E-state index contributed by atoms with van der Waals surface area (Å²) in [7, 11) is 0. The van der Waals surface area contributed by atoms with E-state index >= 15 is 0 Å². The Morgan fingerprint density at radius 2 is 2.18 bits per heavy atom. The molecule has 1 aromatic heterocycles. The summed E-state index contributed by atoms with van der Waals surface area (Å²) in [4.78, 5) is 17.4. The van der Waals surface area contributed by atoms with E-state index in [-0.39, 0.29) is 6.61 Å². The van der Waals surface area contributed by atoms with E-state index in [1.165, 1.54) is 12.4 Å². The molecule has 0 bridgehead atoms. The van der Waals surface area contributed by atoms with Crippen LogP contribution in [-0.4, -0.2) is 21.5 Å². The van der Waals surface area contributed by atoms with Gasteiger partial charge in [0, 0.05) is 0 Å². The molecule has 1 aromatic rings. The van der Waals surface area contributed by atoms with Crippen molar-refractivity contribution >= 4 is 12.1 Å². The maximum absolute atomic E-state index is 9.91. The largest absolute Gasteiger partial charge is 0.388 e. The average Bonchev–Trinajstić information content (AvgIpc) is 2.07. The molecule has 0 spiro atoms. The smallest absolute Gasteiger partial charge is 0.211 e. The number of nitrogens with one attached hydrogen (secondary N) is 1. The van der Waals surface area contributed by atoms with Crippen LogP contribution in [0.4, 0.5) is 5.69 Å². The lowest BCUT2D eigenvalue weighted by atomic mass is 10.5. The van der Waals surface area contributed by atoms with Gasteiger partial charge in [0.25, 0.3) is 0 Å². The second-order valence-corrected chi connectivity index (χ2v) is 1.81. The van der Waals surface area contributed by atoms with Crippen molar-refractivity contribution in [2.24, 2.45) is 0 Å². The first kappa shape index (κ1) is 7.62. The van der Waals surface area contributed by atoms with Crippen LogP contribution in [0.15, 0.2) is 12.4 Å². The van der Waals surface area contributed by atoms with Gasteiger partial charge in [-0.1, -0.05) is 0 Å². The average molecular weight is 153 g/mol. The van der Waals surface area contributed by atoms with Crippen LogP contribution < -0.4 is 5.32 Å². The summed E-state index contributed by atoms with van der Waals surface area (Å²) >= 11 is 0. The van der Waals surface area contributed by atoms with Crippen molar-refractivity contribution in [2.75, 3.05) is 5.32 Å². The number of nitrogens with zero attached hydrogens (tertiary/aromatic N) is 2. The number of aliphatic hydroxyl groups is 1. The van der Waals surface area contributed by atoms with Gasteiger partial charge >= 0.3 is 0 Å². The summed E-state index contributed by atoms with van der Waals surface area (Å²) in [5.74, 6) is 0.335. The van der Waals surface area contributed by atoms with E-state index in [1.807, 2.05) is 0 Å². The van der Waals surface area contributed by atoms with Gasteiger partial charge in [-0.15, -0.1) is 0 Å². The number of hydrogen-bond acceptors (Lipinski definition) is 4. The highest BCUT2D eigenvalue weighted by Crippen LogP contribution is 2.00. The molecule has 5 nitrogen and oxygen atoms in total. The molecule has 0 saturated carbocycles. The zero-order valence-electron chi connectivity index (χ0n) is 5.69. The lowest BCUT2D eigenvalue weighted by molar-refractivity contribution is -0.105. The Balaban J connectivity index is 2.74. The molecule has 0 aliphatic rings. The van der Waals surface area contributed by atoms with Gasteiger partial charge in [0.05, 0.1) is 18.1 Å². The Bertz CT molecular complexity index is 234. The third-order valence-electron chi connectivity index (χ3n) is 1.07. The zero-order chi connectivity index (χ0) is 8.10. The first-order chi connectivity index (χ1) is 5.36. The number of aliphatic hydroxyl groups excluding tert-OH is 1. The van der Waals surface area contributed by atoms with E-state index in [2.05, 4.69) is 15.3 Å². The lowest BCUT2D eigenvalue weighted by Crippen LogP contribution is -1.98. The third-order valence-corrected chi connectivity index (χ3v) is 1.07. The monoisotopic (exact) mass is 153 g/mol. The molecule has 0 saturated heterocycles. The van der Waals surface area contributed by atoms with Gasteiger partial charge in [-0.05, 0) is 0 Å². The van der Waals surface area contributed by atoms with Crippen molar-refractivity contribution < 1.29 is 9.90 Å². The van der Waals surface area contributed by atoms with Gasteiger partial charge < -0.3 is 10.4 Å². The van der Waals surface area contributed by atoms with Crippen LogP contribution in [0.5, 0.6) is 0 Å². The molecule has 0 aliphatic carbocycles. The van der Waals surface area contributed by atoms with Crippen molar-refractivity contribution in [1.29, 1.82) is 0 Å². The van der Waals surface area contributed by atoms with Gasteiger partial charge in [0.1, 0.15) is 6.61 Å². The highest BCUT2D eigenvalue weighted by atomic mass is 16.3. The molecule has 1 rings (SSSR count). The first-order valence-corrected chi connectivity index (χ1v) is 2.99. The van der Waals surface area contributed by atoms with Crippen LogP contribution >= 0.6 is 0 Å². The first-order valence-electron chi connectivity index (χ1n) is 2.99. The van der Waals surface area contributed by atoms with Gasteiger partial charge in [-0.3, -0.25) is 4.79 Å². The minimum Gasteiger partial charge on any atom is -0.388 e. The van der Waals surface area contributed by atoms with Crippen LogP contribution in [0.2, 0.25) is 0 Å². The van der Waals surface area contributed by atoms with Gasteiger partial charge in [0.2, 0.25) is 6.41 Å². The molecule has 1 heterocycles. The van der Waals surface area contributed by atoms with Crippen LogP contribution in [0.25, 0.3) is 0 Å². The van der Waals surface area contributed by atoms with Crippen LogP contribution in [0.3, 0.4) is 0 Å². The highest BCUT2D eigenvalue weighted by molar-refractivity contribution is 5.69. The normalized spacial score (nSPS) is 9.18. The molecule has 5 heteroatoms. The number of rotatable bonds is 3. The maximum atomic E-state index is 9.91. The van der Waals surface area contributed by atoms with Crippen LogP contribution in [0.1, 0.15) is 5.82 Å². The molecule has 0 aliphatic heterocycles. The number of hydrogen-bond donors (Lipinski definition) is 2. The summed E-state index contributed by atoms with van der Waals surface area (Å²) in [6, 6.07) is 0. The highest BCUT2D eigenvalue weighted by Gasteiger charge is 1.93. The van der Waals surface area contributed by atoms with E-state index in [9.17, 15) is 4.79 Å². The topological polar surface area (TPSA) is 75.1 Å². The molecule has 0 radical (unpaired) electrons. The summed E-state index contributed by atoms with van der Waals surface area (Å²) in [5.41, 5.74) is 0.511. The molecular weight excluding hydrogens is 146 g/mol. The quantitative estimate of drug-likeness (QED) is 0.576. The Hall–Kier alpha value is -1.49. The second-order valence-electron chi connectivity index (χ2n) is 1.81. The number of amides is 1. The zero-order valence-corrected chi connectivity index (χ0v) is 5.69. The van der Waals surface area contributed by atoms with E-state index in [0.29, 0.717) is 17.9 Å². The maximum Gasteiger partial charge on any atom is 0.211 e. The predicted molar refractivity (Wildman–Crippen MR) is 37.6 cm³/mol. The fourth-order valence-electron chi connectivity index (χ4n) is 0.579. The van der Waals surface area contributed by atoms with E-state index in [4.69, 9.17) is 5.11 Å². The van der Waals surface area contributed by atoms with E-state index in [1.54, 1.807) is 0 Å². The molecule has 0 aromatic carbocycles. The standard InChI is InChI=1S/C6H7N3O2/c10-3-6-7-1-5(2-8-6)9-4-11/h1-2,4,10H,3H2,(H,9,11). The summed E-state index contributed by atoms with van der Waals surface area (Å²) in [6.45, 7) is -0.193. The fourth-order valence-corrected chi connectivity index (χ4v) is 0.579. The van der Waals surface area contributed by atoms with Crippen LogP contribution in [0, 0.1) is 0 Å². The molecule has 2 N–H and O–H groups in total. The lowest BCUT2D eigenvalue weighted by Gasteiger charge is -1.96. The fraction of sp³-hybridized carbons (Fsp3) is 0.167. The predicted octanol–water partition coefficient (Wildman–Crippen LogP) is -0.463. The molecule has 58 valence electrons. The van der Waals surface area contributed by atoms with Crippen molar-refractivity contribution in [3.63, 3.8) is 0 Å². The molecule has 11 heavy (non-hydrogen) atoms. The van der Waals surface area contributed by atoms with Crippen molar-refractivity contribution in [1.82, 2.24) is 9.97 Å². The number of anilines is 1. The Morgan fingerprint density at radius 1 is 1.55 bits per heavy atom. The van der Waals surface area contributed by atoms with Crippen molar-refractivity contribution in [3.8, 4) is 0 Å². The van der Waals surface area contributed by atoms with Gasteiger partial charge in [-0.25, -0.2) is 9.97 Å². The van der Waals surface area contributed by atoms with Gasteiger partial charge in [-0.2, -0.15) is 0 Å². The summed E-state index contributed by atoms with van der Waals surface area (Å²) in [5, 5.41) is 10.9. The minimum atomic E-state index is -0.193.